The average Bonchev–Trinajstić information content (AvgIpc) is 3.10. The minimum atomic E-state index is 0.330. The van der Waals surface area contributed by atoms with E-state index in [1.165, 1.54) is 12.8 Å². The fourth-order valence-corrected chi connectivity index (χ4v) is 2.37. The van der Waals surface area contributed by atoms with Crippen LogP contribution in [0.4, 0.5) is 5.82 Å². The van der Waals surface area contributed by atoms with E-state index in [2.05, 4.69) is 4.98 Å². The van der Waals surface area contributed by atoms with Crippen molar-refractivity contribution >= 4 is 5.82 Å². The van der Waals surface area contributed by atoms with Gasteiger partial charge in [-0.25, -0.2) is 9.66 Å². The van der Waals surface area contributed by atoms with Gasteiger partial charge in [-0.3, -0.25) is 0 Å². The molecule has 1 aliphatic heterocycles. The third-order valence-electron chi connectivity index (χ3n) is 3.49. The van der Waals surface area contributed by atoms with Gasteiger partial charge in [0.15, 0.2) is 0 Å². The van der Waals surface area contributed by atoms with Crippen LogP contribution in [0.3, 0.4) is 0 Å². The van der Waals surface area contributed by atoms with Gasteiger partial charge in [0.05, 0.1) is 12.3 Å². The molecular formula is C11H18N4O. The maximum absolute atomic E-state index is 6.02. The van der Waals surface area contributed by atoms with Crippen LogP contribution in [0.15, 0.2) is 0 Å². The van der Waals surface area contributed by atoms with Crippen LogP contribution in [0, 0.1) is 0 Å². The third kappa shape index (κ3) is 1.55. The first-order valence-corrected chi connectivity index (χ1v) is 5.98. The first-order chi connectivity index (χ1) is 7.77. The summed E-state index contributed by atoms with van der Waals surface area (Å²) >= 11 is 0. The molecule has 0 amide bonds. The molecule has 0 radical (unpaired) electrons. The van der Waals surface area contributed by atoms with Crippen molar-refractivity contribution in [2.24, 2.45) is 0 Å². The quantitative estimate of drug-likeness (QED) is 0.730. The van der Waals surface area contributed by atoms with Gasteiger partial charge in [-0.15, -0.1) is 0 Å². The molecule has 2 heterocycles. The van der Waals surface area contributed by atoms with Crippen molar-refractivity contribution in [1.29, 1.82) is 0 Å². The van der Waals surface area contributed by atoms with E-state index in [-0.39, 0.29) is 0 Å². The number of nitrogens with zero attached hydrogens (tertiary/aromatic N) is 2. The van der Waals surface area contributed by atoms with E-state index >= 15 is 0 Å². The van der Waals surface area contributed by atoms with Crippen LogP contribution in [-0.2, 0) is 4.74 Å². The zero-order valence-corrected chi connectivity index (χ0v) is 9.35. The summed E-state index contributed by atoms with van der Waals surface area (Å²) in [6, 6.07) is 0. The molecule has 1 saturated carbocycles. The van der Waals surface area contributed by atoms with Crippen LogP contribution in [0.2, 0.25) is 0 Å². The average molecular weight is 222 g/mol. The molecule has 1 unspecified atom stereocenters. The second kappa shape index (κ2) is 3.66. The Hall–Kier alpha value is -1.23. The smallest absolute Gasteiger partial charge is 0.146 e. The summed E-state index contributed by atoms with van der Waals surface area (Å²) in [4.78, 5) is 4.63. The molecular weight excluding hydrogens is 204 g/mol. The Morgan fingerprint density at radius 1 is 1.25 bits per heavy atom. The van der Waals surface area contributed by atoms with Crippen LogP contribution in [0.1, 0.15) is 49.0 Å². The minimum Gasteiger partial charge on any atom is -0.382 e. The van der Waals surface area contributed by atoms with Gasteiger partial charge in [0, 0.05) is 18.4 Å². The molecule has 1 atom stereocenters. The Morgan fingerprint density at radius 2 is 2.06 bits per heavy atom. The molecule has 4 N–H and O–H groups in total. The molecule has 0 aromatic carbocycles. The predicted octanol–water partition coefficient (Wildman–Crippen LogP) is 0.950. The fourth-order valence-electron chi connectivity index (χ4n) is 2.37. The van der Waals surface area contributed by atoms with Gasteiger partial charge in [0.25, 0.3) is 0 Å². The number of anilines is 1. The summed E-state index contributed by atoms with van der Waals surface area (Å²) < 4.78 is 7.04. The molecule has 2 fully saturated rings. The Kier molecular flexibility index (Phi) is 2.28. The lowest BCUT2D eigenvalue weighted by Gasteiger charge is -2.20. The lowest BCUT2D eigenvalue weighted by Crippen LogP contribution is -2.18. The minimum absolute atomic E-state index is 0.330. The number of aromatic nitrogens is 2. The van der Waals surface area contributed by atoms with Crippen LogP contribution in [0.5, 0.6) is 0 Å². The standard InChI is InChI=1S/C11H18N4O/c12-10-9(8-2-1-5-16-6-8)14-11(15(10)13)7-3-4-7/h7-8H,1-6,12-13H2. The van der Waals surface area contributed by atoms with Gasteiger partial charge < -0.3 is 16.3 Å². The zero-order chi connectivity index (χ0) is 11.1. The van der Waals surface area contributed by atoms with E-state index in [1.54, 1.807) is 4.68 Å². The monoisotopic (exact) mass is 222 g/mol. The van der Waals surface area contributed by atoms with Crippen LogP contribution in [0.25, 0.3) is 0 Å². The van der Waals surface area contributed by atoms with E-state index < -0.39 is 0 Å². The van der Waals surface area contributed by atoms with Crippen molar-refractivity contribution in [3.63, 3.8) is 0 Å². The molecule has 2 aliphatic rings. The number of hydrogen-bond donors (Lipinski definition) is 2. The Labute approximate surface area is 94.7 Å². The molecule has 1 aromatic heterocycles. The van der Waals surface area contributed by atoms with Crippen LogP contribution < -0.4 is 11.6 Å². The zero-order valence-electron chi connectivity index (χ0n) is 9.35. The van der Waals surface area contributed by atoms with E-state index in [0.29, 0.717) is 17.7 Å². The summed E-state index contributed by atoms with van der Waals surface area (Å²) in [5.41, 5.74) is 6.97. The molecule has 0 bridgehead atoms. The molecule has 5 nitrogen and oxygen atoms in total. The van der Waals surface area contributed by atoms with Crippen LogP contribution in [-0.4, -0.2) is 22.9 Å². The lowest BCUT2D eigenvalue weighted by molar-refractivity contribution is 0.0796. The molecule has 1 saturated heterocycles. The van der Waals surface area contributed by atoms with E-state index in [0.717, 1.165) is 37.6 Å². The highest BCUT2D eigenvalue weighted by Crippen LogP contribution is 2.41. The number of rotatable bonds is 2. The van der Waals surface area contributed by atoms with Gasteiger partial charge in [-0.2, -0.15) is 0 Å². The highest BCUT2D eigenvalue weighted by Gasteiger charge is 2.32. The molecule has 5 heteroatoms. The maximum atomic E-state index is 6.02. The summed E-state index contributed by atoms with van der Waals surface area (Å²) in [5.74, 6) is 8.38. The largest absolute Gasteiger partial charge is 0.382 e. The van der Waals surface area contributed by atoms with Gasteiger partial charge in [-0.1, -0.05) is 0 Å². The SMILES string of the molecule is Nc1c(C2CCCOC2)nc(C2CC2)n1N. The van der Waals surface area contributed by atoms with Crippen molar-refractivity contribution in [3.8, 4) is 0 Å². The number of nitrogen functional groups attached to an aromatic ring is 2. The first kappa shape index (κ1) is 9.96. The lowest BCUT2D eigenvalue weighted by atomic mass is 9.99. The van der Waals surface area contributed by atoms with Gasteiger partial charge in [0.1, 0.15) is 11.6 Å². The highest BCUT2D eigenvalue weighted by molar-refractivity contribution is 5.42. The van der Waals surface area contributed by atoms with Crippen LogP contribution >= 0.6 is 0 Å². The van der Waals surface area contributed by atoms with E-state index in [4.69, 9.17) is 16.3 Å². The Balaban J connectivity index is 1.90. The van der Waals surface area contributed by atoms with Crippen molar-refractivity contribution in [1.82, 2.24) is 9.66 Å². The Morgan fingerprint density at radius 3 is 2.69 bits per heavy atom. The molecule has 88 valence electrons. The summed E-state index contributed by atoms with van der Waals surface area (Å²) in [7, 11) is 0. The molecule has 1 aliphatic carbocycles. The number of imidazole rings is 1. The first-order valence-electron chi connectivity index (χ1n) is 5.98. The van der Waals surface area contributed by atoms with Gasteiger partial charge >= 0.3 is 0 Å². The number of ether oxygens (including phenoxy) is 1. The van der Waals surface area contributed by atoms with Gasteiger partial charge in [0.2, 0.25) is 0 Å². The van der Waals surface area contributed by atoms with Crippen molar-refractivity contribution < 1.29 is 4.74 Å². The van der Waals surface area contributed by atoms with E-state index in [1.807, 2.05) is 0 Å². The predicted molar refractivity (Wildman–Crippen MR) is 61.6 cm³/mol. The highest BCUT2D eigenvalue weighted by atomic mass is 16.5. The summed E-state index contributed by atoms with van der Waals surface area (Å²) in [5, 5.41) is 0. The third-order valence-corrected chi connectivity index (χ3v) is 3.49. The topological polar surface area (TPSA) is 79.1 Å². The Bertz CT molecular complexity index is 391. The second-order valence-corrected chi connectivity index (χ2v) is 4.80. The normalized spacial score (nSPS) is 25.9. The van der Waals surface area contributed by atoms with Crippen molar-refractivity contribution in [2.45, 2.75) is 37.5 Å². The molecule has 1 aromatic rings. The summed E-state index contributed by atoms with van der Waals surface area (Å²) in [6.07, 6.45) is 4.56. The molecule has 16 heavy (non-hydrogen) atoms. The number of hydrogen-bond acceptors (Lipinski definition) is 4. The second-order valence-electron chi connectivity index (χ2n) is 4.80. The molecule has 3 rings (SSSR count). The van der Waals surface area contributed by atoms with Crippen molar-refractivity contribution in [2.75, 3.05) is 24.8 Å². The molecule has 0 spiro atoms. The fraction of sp³-hybridized carbons (Fsp3) is 0.727. The number of nitrogens with two attached hydrogens (primary N) is 2. The maximum Gasteiger partial charge on any atom is 0.146 e. The summed E-state index contributed by atoms with van der Waals surface area (Å²) in [6.45, 7) is 1.58. The van der Waals surface area contributed by atoms with Crippen molar-refractivity contribution in [3.05, 3.63) is 11.5 Å². The van der Waals surface area contributed by atoms with Gasteiger partial charge in [-0.05, 0) is 25.7 Å². The van der Waals surface area contributed by atoms with E-state index in [9.17, 15) is 0 Å².